The molecule has 0 saturated carbocycles. The lowest BCUT2D eigenvalue weighted by atomic mass is 10.1. The first-order chi connectivity index (χ1) is 7.90. The van der Waals surface area contributed by atoms with Crippen LogP contribution in [-0.2, 0) is 4.79 Å². The minimum absolute atomic E-state index is 0.196. The van der Waals surface area contributed by atoms with Crippen molar-refractivity contribution >= 4 is 5.91 Å². The number of nitrogens with zero attached hydrogens (tertiary/aromatic N) is 1. The van der Waals surface area contributed by atoms with Gasteiger partial charge in [0.2, 0.25) is 5.91 Å². The first kappa shape index (κ1) is 14.2. The van der Waals surface area contributed by atoms with Crippen LogP contribution in [0.1, 0.15) is 12.8 Å². The number of rotatable bonds is 4. The number of hydrogen-bond acceptors (Lipinski definition) is 3. The van der Waals surface area contributed by atoms with Crippen LogP contribution in [0.2, 0.25) is 0 Å². The summed E-state index contributed by atoms with van der Waals surface area (Å²) in [5.74, 6) is -1.78. The Kier molecular flexibility index (Phi) is 4.76. The fourth-order valence-electron chi connectivity index (χ4n) is 2.10. The molecule has 1 amide bonds. The molecule has 1 fully saturated rings. The summed E-state index contributed by atoms with van der Waals surface area (Å²) in [4.78, 5) is 13.1. The average molecular weight is 253 g/mol. The third-order valence-corrected chi connectivity index (χ3v) is 3.12. The number of nitrogens with one attached hydrogen (secondary N) is 1. The number of likely N-dealkylation sites (tertiary alicyclic amines) is 1. The van der Waals surface area contributed by atoms with E-state index in [-0.39, 0.29) is 12.5 Å². The van der Waals surface area contributed by atoms with Crippen LogP contribution in [0, 0.1) is 5.92 Å². The molecular formula is C10H18F3N3O. The molecule has 1 heterocycles. The fourth-order valence-corrected chi connectivity index (χ4v) is 2.10. The van der Waals surface area contributed by atoms with Crippen LogP contribution < -0.4 is 11.1 Å². The van der Waals surface area contributed by atoms with E-state index < -0.39 is 24.7 Å². The zero-order chi connectivity index (χ0) is 13.1. The summed E-state index contributed by atoms with van der Waals surface area (Å²) in [6.07, 6.45) is -2.95. The van der Waals surface area contributed by atoms with Crippen LogP contribution in [0.25, 0.3) is 0 Å². The number of amides is 1. The van der Waals surface area contributed by atoms with Gasteiger partial charge in [-0.15, -0.1) is 0 Å². The summed E-state index contributed by atoms with van der Waals surface area (Å²) in [5, 5.41) is 2.47. The molecule has 0 radical (unpaired) electrons. The lowest BCUT2D eigenvalue weighted by molar-refractivity contribution is -0.177. The van der Waals surface area contributed by atoms with Gasteiger partial charge in [0, 0.05) is 20.1 Å². The summed E-state index contributed by atoms with van der Waals surface area (Å²) in [7, 11) is 1.49. The van der Waals surface area contributed by atoms with E-state index in [9.17, 15) is 18.0 Å². The summed E-state index contributed by atoms with van der Waals surface area (Å²) < 4.78 is 37.7. The highest BCUT2D eigenvalue weighted by Crippen LogP contribution is 2.28. The van der Waals surface area contributed by atoms with Gasteiger partial charge in [0.05, 0.1) is 12.0 Å². The number of likely N-dealkylation sites (N-methyl/N-ethyl adjacent to an activating group) is 1. The topological polar surface area (TPSA) is 58.4 Å². The Morgan fingerprint density at radius 1 is 1.59 bits per heavy atom. The number of nitrogens with two attached hydrogens (primary N) is 1. The molecule has 1 aliphatic rings. The normalized spacial score (nSPS) is 23.7. The Hall–Kier alpha value is -0.820. The SMILES string of the molecule is CNC(=O)C1CCCN1CC(CN)C(F)(F)F. The van der Waals surface area contributed by atoms with Crippen LogP contribution in [-0.4, -0.2) is 49.7 Å². The van der Waals surface area contributed by atoms with Gasteiger partial charge in [0.25, 0.3) is 0 Å². The highest BCUT2D eigenvalue weighted by Gasteiger charge is 2.42. The molecule has 7 heteroatoms. The molecule has 2 unspecified atom stereocenters. The Labute approximate surface area is 98.3 Å². The predicted octanol–water partition coefficient (Wildman–Crippen LogP) is 0.334. The van der Waals surface area contributed by atoms with Crippen molar-refractivity contribution in [3.63, 3.8) is 0 Å². The van der Waals surface area contributed by atoms with Gasteiger partial charge in [0.1, 0.15) is 0 Å². The van der Waals surface area contributed by atoms with Crippen molar-refractivity contribution in [1.29, 1.82) is 0 Å². The van der Waals surface area contributed by atoms with Crippen LogP contribution in [0.5, 0.6) is 0 Å². The van der Waals surface area contributed by atoms with Crippen molar-refractivity contribution < 1.29 is 18.0 Å². The van der Waals surface area contributed by atoms with Crippen molar-refractivity contribution in [1.82, 2.24) is 10.2 Å². The summed E-state index contributed by atoms with van der Waals surface area (Å²) >= 11 is 0. The maximum absolute atomic E-state index is 12.6. The number of halogens is 3. The van der Waals surface area contributed by atoms with E-state index in [1.54, 1.807) is 4.90 Å². The molecule has 0 aromatic carbocycles. The Morgan fingerprint density at radius 3 is 2.71 bits per heavy atom. The van der Waals surface area contributed by atoms with Crippen LogP contribution in [0.15, 0.2) is 0 Å². The van der Waals surface area contributed by atoms with Crippen molar-refractivity contribution in [2.45, 2.75) is 25.1 Å². The highest BCUT2D eigenvalue weighted by molar-refractivity contribution is 5.81. The first-order valence-corrected chi connectivity index (χ1v) is 5.62. The van der Waals surface area contributed by atoms with Crippen LogP contribution >= 0.6 is 0 Å². The third-order valence-electron chi connectivity index (χ3n) is 3.12. The Morgan fingerprint density at radius 2 is 2.24 bits per heavy atom. The standard InChI is InChI=1S/C10H18F3N3O/c1-15-9(17)8-3-2-4-16(8)6-7(5-14)10(11,12)13/h7-8H,2-6,14H2,1H3,(H,15,17). The van der Waals surface area contributed by atoms with Crippen molar-refractivity contribution in [2.24, 2.45) is 11.7 Å². The van der Waals surface area contributed by atoms with Gasteiger partial charge in [-0.2, -0.15) is 13.2 Å². The molecule has 17 heavy (non-hydrogen) atoms. The van der Waals surface area contributed by atoms with Crippen molar-refractivity contribution in [2.75, 3.05) is 26.7 Å². The van der Waals surface area contributed by atoms with E-state index in [4.69, 9.17) is 5.73 Å². The Bertz CT molecular complexity index is 270. The zero-order valence-corrected chi connectivity index (χ0v) is 9.76. The number of hydrogen-bond donors (Lipinski definition) is 2. The summed E-state index contributed by atoms with van der Waals surface area (Å²) in [6, 6.07) is -0.448. The van der Waals surface area contributed by atoms with Crippen molar-refractivity contribution in [3.05, 3.63) is 0 Å². The largest absolute Gasteiger partial charge is 0.394 e. The van der Waals surface area contributed by atoms with Gasteiger partial charge >= 0.3 is 6.18 Å². The number of carbonyl (C=O) groups excluding carboxylic acids is 1. The van der Waals surface area contributed by atoms with E-state index in [1.165, 1.54) is 7.05 Å². The Balaban J connectivity index is 2.63. The van der Waals surface area contributed by atoms with Gasteiger partial charge in [0.15, 0.2) is 0 Å². The average Bonchev–Trinajstić information content (AvgIpc) is 2.71. The molecule has 1 saturated heterocycles. The zero-order valence-electron chi connectivity index (χ0n) is 9.76. The van der Waals surface area contributed by atoms with Gasteiger partial charge in [-0.3, -0.25) is 9.69 Å². The second kappa shape index (κ2) is 5.68. The molecule has 1 aliphatic heterocycles. The highest BCUT2D eigenvalue weighted by atomic mass is 19.4. The number of alkyl halides is 3. The molecule has 0 spiro atoms. The fraction of sp³-hybridized carbons (Fsp3) is 0.900. The first-order valence-electron chi connectivity index (χ1n) is 5.62. The van der Waals surface area contributed by atoms with Crippen LogP contribution in [0.4, 0.5) is 13.2 Å². The van der Waals surface area contributed by atoms with Crippen LogP contribution in [0.3, 0.4) is 0 Å². The molecular weight excluding hydrogens is 235 g/mol. The minimum atomic E-state index is -4.30. The van der Waals surface area contributed by atoms with E-state index in [1.807, 2.05) is 0 Å². The molecule has 4 nitrogen and oxygen atoms in total. The van der Waals surface area contributed by atoms with E-state index >= 15 is 0 Å². The maximum atomic E-state index is 12.6. The molecule has 1 rings (SSSR count). The molecule has 2 atom stereocenters. The lowest BCUT2D eigenvalue weighted by Crippen LogP contribution is -2.47. The molecule has 0 aromatic heterocycles. The summed E-state index contributed by atoms with van der Waals surface area (Å²) in [5.41, 5.74) is 5.14. The lowest BCUT2D eigenvalue weighted by Gasteiger charge is -2.28. The quantitative estimate of drug-likeness (QED) is 0.759. The van der Waals surface area contributed by atoms with E-state index in [0.717, 1.165) is 6.42 Å². The van der Waals surface area contributed by atoms with Gasteiger partial charge in [-0.05, 0) is 19.4 Å². The molecule has 0 aromatic rings. The second-order valence-electron chi connectivity index (χ2n) is 4.24. The molecule has 0 bridgehead atoms. The molecule has 100 valence electrons. The second-order valence-corrected chi connectivity index (χ2v) is 4.24. The van der Waals surface area contributed by atoms with Crippen molar-refractivity contribution in [3.8, 4) is 0 Å². The van der Waals surface area contributed by atoms with E-state index in [0.29, 0.717) is 13.0 Å². The maximum Gasteiger partial charge on any atom is 0.394 e. The minimum Gasteiger partial charge on any atom is -0.358 e. The van der Waals surface area contributed by atoms with Gasteiger partial charge in [-0.25, -0.2) is 0 Å². The monoisotopic (exact) mass is 253 g/mol. The third kappa shape index (κ3) is 3.57. The van der Waals surface area contributed by atoms with E-state index in [2.05, 4.69) is 5.32 Å². The smallest absolute Gasteiger partial charge is 0.358 e. The summed E-state index contributed by atoms with van der Waals surface area (Å²) in [6.45, 7) is -0.122. The molecule has 3 N–H and O–H groups in total. The predicted molar refractivity (Wildman–Crippen MR) is 57.3 cm³/mol. The van der Waals surface area contributed by atoms with Gasteiger partial charge < -0.3 is 11.1 Å². The number of carbonyl (C=O) groups is 1. The molecule has 0 aliphatic carbocycles. The van der Waals surface area contributed by atoms with Gasteiger partial charge in [-0.1, -0.05) is 0 Å².